The fourth-order valence-corrected chi connectivity index (χ4v) is 1.38. The van der Waals surface area contributed by atoms with E-state index in [0.29, 0.717) is 6.42 Å². The number of benzene rings is 1. The highest BCUT2D eigenvalue weighted by molar-refractivity contribution is 6.31. The van der Waals surface area contributed by atoms with Crippen molar-refractivity contribution in [3.63, 3.8) is 0 Å². The highest BCUT2D eigenvalue weighted by Crippen LogP contribution is 2.28. The van der Waals surface area contributed by atoms with Gasteiger partial charge in [0.25, 0.3) is 0 Å². The lowest BCUT2D eigenvalue weighted by Crippen LogP contribution is -2.12. The second kappa shape index (κ2) is 5.49. The van der Waals surface area contributed by atoms with E-state index in [-0.39, 0.29) is 23.0 Å². The van der Waals surface area contributed by atoms with Gasteiger partial charge >= 0.3 is 0 Å². The van der Waals surface area contributed by atoms with E-state index in [9.17, 15) is 8.78 Å². The van der Waals surface area contributed by atoms with Crippen molar-refractivity contribution in [2.75, 3.05) is 0 Å². The summed E-state index contributed by atoms with van der Waals surface area (Å²) in [6.07, 6.45) is 0.514. The molecule has 2 N–H and O–H groups in total. The summed E-state index contributed by atoms with van der Waals surface area (Å²) < 4.78 is 26.0. The Morgan fingerprint density at radius 2 is 1.86 bits per heavy atom. The zero-order valence-corrected chi connectivity index (χ0v) is 9.13. The van der Waals surface area contributed by atoms with Crippen molar-refractivity contribution in [1.82, 2.24) is 0 Å². The minimum Gasteiger partial charge on any atom is -0.324 e. The van der Waals surface area contributed by atoms with Crippen LogP contribution in [0.5, 0.6) is 0 Å². The first-order chi connectivity index (χ1) is 6.07. The average Bonchev–Trinajstić information content (AvgIpc) is 2.12. The maximum atomic E-state index is 13.1. The Morgan fingerprint density at radius 1 is 1.36 bits per heavy atom. The highest BCUT2D eigenvalue weighted by atomic mass is 35.5. The van der Waals surface area contributed by atoms with Crippen molar-refractivity contribution in [3.05, 3.63) is 34.4 Å². The second-order valence-corrected chi connectivity index (χ2v) is 3.15. The normalized spacial score (nSPS) is 12.1. The van der Waals surface area contributed by atoms with Crippen molar-refractivity contribution in [2.24, 2.45) is 5.73 Å². The molecule has 80 valence electrons. The largest absolute Gasteiger partial charge is 0.324 e. The standard InChI is InChI=1S/C9H10ClF2N.ClH/c1-2-7(13)8-5(11)3-4-6(12)9(8)10;/h3-4,7H,2,13H2,1H3;1H/t7-;/m1./s1. The maximum absolute atomic E-state index is 13.1. The minimum atomic E-state index is -0.637. The van der Waals surface area contributed by atoms with Gasteiger partial charge in [0.2, 0.25) is 0 Å². The Kier molecular flexibility index (Phi) is 5.34. The molecular formula is C9H11Cl2F2N. The molecule has 0 aliphatic carbocycles. The second-order valence-electron chi connectivity index (χ2n) is 2.77. The molecule has 0 saturated heterocycles. The average molecular weight is 242 g/mol. The van der Waals surface area contributed by atoms with Crippen molar-refractivity contribution in [1.29, 1.82) is 0 Å². The molecule has 0 aromatic heterocycles. The number of nitrogens with two attached hydrogens (primary N) is 1. The first-order valence-corrected chi connectivity index (χ1v) is 4.34. The van der Waals surface area contributed by atoms with Crippen LogP contribution in [0, 0.1) is 11.6 Å². The van der Waals surface area contributed by atoms with Crippen LogP contribution in [0.15, 0.2) is 12.1 Å². The monoisotopic (exact) mass is 241 g/mol. The van der Waals surface area contributed by atoms with Gasteiger partial charge in [0.15, 0.2) is 0 Å². The molecule has 0 aliphatic rings. The van der Waals surface area contributed by atoms with Gasteiger partial charge in [-0.25, -0.2) is 8.78 Å². The highest BCUT2D eigenvalue weighted by Gasteiger charge is 2.16. The third kappa shape index (κ3) is 2.56. The molecule has 0 bridgehead atoms. The summed E-state index contributed by atoms with van der Waals surface area (Å²) in [5.74, 6) is -1.19. The van der Waals surface area contributed by atoms with Crippen LogP contribution in [0.25, 0.3) is 0 Å². The molecule has 1 aromatic carbocycles. The van der Waals surface area contributed by atoms with E-state index in [1.165, 1.54) is 0 Å². The van der Waals surface area contributed by atoms with Crippen LogP contribution in [-0.4, -0.2) is 0 Å². The fourth-order valence-electron chi connectivity index (χ4n) is 1.09. The van der Waals surface area contributed by atoms with Gasteiger partial charge in [-0.2, -0.15) is 0 Å². The molecule has 1 atom stereocenters. The van der Waals surface area contributed by atoms with Crippen molar-refractivity contribution in [2.45, 2.75) is 19.4 Å². The Balaban J connectivity index is 0.00000169. The van der Waals surface area contributed by atoms with Crippen LogP contribution in [0.4, 0.5) is 8.78 Å². The summed E-state index contributed by atoms with van der Waals surface area (Å²) in [6, 6.07) is 1.47. The molecule has 5 heteroatoms. The number of hydrogen-bond acceptors (Lipinski definition) is 1. The summed E-state index contributed by atoms with van der Waals surface area (Å²) in [5.41, 5.74) is 5.63. The molecule has 14 heavy (non-hydrogen) atoms. The minimum absolute atomic E-state index is 0. The van der Waals surface area contributed by atoms with Gasteiger partial charge in [-0.1, -0.05) is 18.5 Å². The predicted molar refractivity (Wildman–Crippen MR) is 55.8 cm³/mol. The van der Waals surface area contributed by atoms with Crippen LogP contribution in [0.1, 0.15) is 24.9 Å². The molecule has 0 radical (unpaired) electrons. The molecule has 0 amide bonds. The first-order valence-electron chi connectivity index (χ1n) is 3.96. The first kappa shape index (κ1) is 13.6. The molecule has 1 aromatic rings. The predicted octanol–water partition coefficient (Wildman–Crippen LogP) is 3.45. The molecule has 0 unspecified atom stereocenters. The van der Waals surface area contributed by atoms with Crippen LogP contribution in [-0.2, 0) is 0 Å². The molecule has 0 heterocycles. The third-order valence-corrected chi connectivity index (χ3v) is 2.27. The van der Waals surface area contributed by atoms with Crippen molar-refractivity contribution < 1.29 is 8.78 Å². The Bertz CT molecular complexity index is 318. The lowest BCUT2D eigenvalue weighted by atomic mass is 10.0. The number of halogens is 4. The molecule has 0 fully saturated rings. The van der Waals surface area contributed by atoms with Crippen LogP contribution in [0.3, 0.4) is 0 Å². The van der Waals surface area contributed by atoms with Gasteiger partial charge in [0, 0.05) is 11.6 Å². The van der Waals surface area contributed by atoms with Gasteiger partial charge in [-0.3, -0.25) is 0 Å². The lowest BCUT2D eigenvalue weighted by molar-refractivity contribution is 0.557. The van der Waals surface area contributed by atoms with Gasteiger partial charge in [0.1, 0.15) is 11.6 Å². The Morgan fingerprint density at radius 3 is 2.36 bits per heavy atom. The van der Waals surface area contributed by atoms with Crippen molar-refractivity contribution >= 4 is 24.0 Å². The van der Waals surface area contributed by atoms with E-state index in [4.69, 9.17) is 17.3 Å². The lowest BCUT2D eigenvalue weighted by Gasteiger charge is -2.12. The SMILES string of the molecule is CC[C@@H](N)c1c(F)ccc(F)c1Cl.Cl. The van der Waals surface area contributed by atoms with E-state index < -0.39 is 17.7 Å². The topological polar surface area (TPSA) is 26.0 Å². The van der Waals surface area contributed by atoms with Crippen LogP contribution in [0.2, 0.25) is 5.02 Å². The maximum Gasteiger partial charge on any atom is 0.142 e. The molecule has 1 nitrogen and oxygen atoms in total. The van der Waals surface area contributed by atoms with Crippen molar-refractivity contribution in [3.8, 4) is 0 Å². The summed E-state index contributed by atoms with van der Waals surface area (Å²) in [7, 11) is 0. The number of hydrogen-bond donors (Lipinski definition) is 1. The van der Waals surface area contributed by atoms with Gasteiger partial charge in [-0.05, 0) is 18.6 Å². The smallest absolute Gasteiger partial charge is 0.142 e. The van der Waals surface area contributed by atoms with Crippen LogP contribution >= 0.6 is 24.0 Å². The quantitative estimate of drug-likeness (QED) is 0.789. The molecule has 1 rings (SSSR count). The Hall–Kier alpha value is -0.380. The van der Waals surface area contributed by atoms with Gasteiger partial charge in [0.05, 0.1) is 5.02 Å². The Labute approximate surface area is 92.7 Å². The molecular weight excluding hydrogens is 231 g/mol. The van der Waals surface area contributed by atoms with E-state index in [1.54, 1.807) is 6.92 Å². The summed E-state index contributed by atoms with van der Waals surface area (Å²) >= 11 is 5.58. The summed E-state index contributed by atoms with van der Waals surface area (Å²) in [5, 5.41) is -0.214. The van der Waals surface area contributed by atoms with Gasteiger partial charge in [-0.15, -0.1) is 12.4 Å². The van der Waals surface area contributed by atoms with E-state index in [2.05, 4.69) is 0 Å². The number of rotatable bonds is 2. The van der Waals surface area contributed by atoms with E-state index in [0.717, 1.165) is 12.1 Å². The third-order valence-electron chi connectivity index (χ3n) is 1.89. The summed E-state index contributed by atoms with van der Waals surface area (Å²) in [4.78, 5) is 0. The fraction of sp³-hybridized carbons (Fsp3) is 0.333. The molecule has 0 spiro atoms. The zero-order valence-electron chi connectivity index (χ0n) is 7.56. The van der Waals surface area contributed by atoms with Crippen LogP contribution < -0.4 is 5.73 Å². The molecule has 0 saturated carbocycles. The van der Waals surface area contributed by atoms with E-state index in [1.807, 2.05) is 0 Å². The van der Waals surface area contributed by atoms with E-state index >= 15 is 0 Å². The zero-order chi connectivity index (χ0) is 10.0. The summed E-state index contributed by atoms with van der Waals surface area (Å²) in [6.45, 7) is 1.78. The van der Waals surface area contributed by atoms with Gasteiger partial charge < -0.3 is 5.73 Å². The molecule has 0 aliphatic heterocycles.